The minimum atomic E-state index is -1.33. The maximum atomic E-state index is 15.1. The normalized spacial score (nSPS) is 13.7. The Bertz CT molecular complexity index is 1380. The van der Waals surface area contributed by atoms with Gasteiger partial charge in [0.2, 0.25) is 5.43 Å². The Kier molecular flexibility index (Phi) is 6.83. The first kappa shape index (κ1) is 24.3. The van der Waals surface area contributed by atoms with Gasteiger partial charge in [0.15, 0.2) is 10.9 Å². The lowest BCUT2D eigenvalue weighted by molar-refractivity contribution is 0.0694. The minimum absolute atomic E-state index is 0.00516. The van der Waals surface area contributed by atoms with E-state index in [1.807, 2.05) is 16.7 Å². The molecule has 1 aliphatic heterocycles. The van der Waals surface area contributed by atoms with Crippen LogP contribution >= 0.6 is 12.2 Å². The Morgan fingerprint density at radius 1 is 1.11 bits per heavy atom. The molecule has 35 heavy (non-hydrogen) atoms. The van der Waals surface area contributed by atoms with Crippen molar-refractivity contribution in [2.24, 2.45) is 0 Å². The molecule has 2 aromatic carbocycles. The van der Waals surface area contributed by atoms with Gasteiger partial charge in [0.05, 0.1) is 11.2 Å². The quantitative estimate of drug-likeness (QED) is 0.409. The highest BCUT2D eigenvalue weighted by Crippen LogP contribution is 2.26. The summed E-state index contributed by atoms with van der Waals surface area (Å²) in [6.07, 6.45) is 1.31. The minimum Gasteiger partial charge on any atom is -0.477 e. The maximum absolute atomic E-state index is 15.1. The zero-order valence-corrected chi connectivity index (χ0v) is 20.2. The Hall–Kier alpha value is -3.79. The highest BCUT2D eigenvalue weighted by molar-refractivity contribution is 7.80. The number of halogens is 1. The van der Waals surface area contributed by atoms with Gasteiger partial charge in [0.25, 0.3) is 0 Å². The van der Waals surface area contributed by atoms with Crippen molar-refractivity contribution < 1.29 is 19.1 Å². The molecule has 0 amide bonds. The summed E-state index contributed by atoms with van der Waals surface area (Å²) < 4.78 is 16.7. The van der Waals surface area contributed by atoms with Gasteiger partial charge in [-0.1, -0.05) is 0 Å². The Labute approximate surface area is 206 Å². The number of nitrogens with zero attached hydrogens (tertiary/aromatic N) is 3. The van der Waals surface area contributed by atoms with E-state index in [0.29, 0.717) is 54.6 Å². The number of thiocarbonyl (C=S) groups is 1. The van der Waals surface area contributed by atoms with Gasteiger partial charge in [0, 0.05) is 55.6 Å². The molecule has 8 nitrogen and oxygen atoms in total. The van der Waals surface area contributed by atoms with E-state index in [1.165, 1.54) is 13.1 Å². The zero-order valence-electron chi connectivity index (χ0n) is 19.4. The molecule has 0 unspecified atom stereocenters. The van der Waals surface area contributed by atoms with Gasteiger partial charge in [-0.25, -0.2) is 9.18 Å². The first-order valence-corrected chi connectivity index (χ1v) is 11.6. The van der Waals surface area contributed by atoms with E-state index in [4.69, 9.17) is 12.2 Å². The summed E-state index contributed by atoms with van der Waals surface area (Å²) in [5, 5.41) is 13.1. The Morgan fingerprint density at radius 2 is 1.77 bits per heavy atom. The van der Waals surface area contributed by atoms with E-state index < -0.39 is 17.2 Å². The van der Waals surface area contributed by atoms with E-state index in [0.717, 1.165) is 11.8 Å². The lowest BCUT2D eigenvalue weighted by atomic mass is 10.1. The molecule has 182 valence electrons. The molecule has 1 saturated heterocycles. The molecule has 0 aliphatic carbocycles. The average molecular weight is 497 g/mol. The third-order valence-corrected chi connectivity index (χ3v) is 6.53. The van der Waals surface area contributed by atoms with Crippen molar-refractivity contribution in [1.29, 1.82) is 0 Å². The third-order valence-electron chi connectivity index (χ3n) is 6.17. The number of aryl methyl sites for hydroxylation is 1. The van der Waals surface area contributed by atoms with Crippen LogP contribution in [0.2, 0.25) is 0 Å². The predicted octanol–water partition coefficient (Wildman–Crippen LogP) is 3.58. The summed E-state index contributed by atoms with van der Waals surface area (Å²) in [7, 11) is 0. The summed E-state index contributed by atoms with van der Waals surface area (Å²) in [5.41, 5.74) is 1.19. The summed E-state index contributed by atoms with van der Waals surface area (Å²) >= 11 is 5.53. The number of Topliss-reactive ketones (excluding diaryl/α,β-unsaturated/α-hetero) is 1. The maximum Gasteiger partial charge on any atom is 0.341 e. The number of hydrogen-bond donors (Lipinski definition) is 2. The van der Waals surface area contributed by atoms with Crippen molar-refractivity contribution in [2.45, 2.75) is 20.4 Å². The molecule has 0 radical (unpaired) electrons. The first-order valence-electron chi connectivity index (χ1n) is 11.2. The van der Waals surface area contributed by atoms with Crippen LogP contribution in [0.1, 0.15) is 34.6 Å². The molecule has 1 aromatic heterocycles. The molecule has 0 bridgehead atoms. The molecule has 1 fully saturated rings. The van der Waals surface area contributed by atoms with Gasteiger partial charge in [0.1, 0.15) is 11.4 Å². The van der Waals surface area contributed by atoms with E-state index in [1.54, 1.807) is 34.9 Å². The number of piperazine rings is 1. The number of hydrogen-bond acceptors (Lipinski definition) is 5. The second-order valence-corrected chi connectivity index (χ2v) is 8.71. The fourth-order valence-corrected chi connectivity index (χ4v) is 4.50. The standard InChI is InChI=1S/C25H25FN4O4S/c1-3-28-14-19(24(33)34)23(32)18-12-20(26)22(13-21(18)28)29-8-10-30(11-9-29)25(35)27-17-6-4-16(5-7-17)15(2)31/h4-7,12-14H,3,8-11H2,1-2H3,(H,27,35)(H,33,34). The third kappa shape index (κ3) is 4.88. The van der Waals surface area contributed by atoms with Crippen LogP contribution in [-0.4, -0.2) is 57.6 Å². The van der Waals surface area contributed by atoms with Gasteiger partial charge in [-0.05, 0) is 62.5 Å². The fourth-order valence-electron chi connectivity index (χ4n) is 4.20. The summed E-state index contributed by atoms with van der Waals surface area (Å²) in [4.78, 5) is 39.3. The van der Waals surface area contributed by atoms with Crippen LogP contribution in [-0.2, 0) is 6.54 Å². The van der Waals surface area contributed by atoms with Crippen LogP contribution in [0.5, 0.6) is 0 Å². The number of anilines is 2. The highest BCUT2D eigenvalue weighted by atomic mass is 32.1. The van der Waals surface area contributed by atoms with Crippen LogP contribution < -0.4 is 15.6 Å². The molecular formula is C25H25FN4O4S. The smallest absolute Gasteiger partial charge is 0.341 e. The molecule has 1 aliphatic rings. The molecule has 0 atom stereocenters. The van der Waals surface area contributed by atoms with Crippen LogP contribution in [0.25, 0.3) is 10.9 Å². The van der Waals surface area contributed by atoms with Crippen molar-refractivity contribution in [1.82, 2.24) is 9.47 Å². The number of aromatic carboxylic acids is 1. The molecule has 3 aromatic rings. The number of carbonyl (C=O) groups is 2. The molecular weight excluding hydrogens is 471 g/mol. The van der Waals surface area contributed by atoms with E-state index in [2.05, 4.69) is 5.32 Å². The molecule has 2 heterocycles. The molecule has 2 N–H and O–H groups in total. The van der Waals surface area contributed by atoms with Gasteiger partial charge >= 0.3 is 5.97 Å². The van der Waals surface area contributed by atoms with Crippen molar-refractivity contribution in [3.63, 3.8) is 0 Å². The SMILES string of the molecule is CCn1cc(C(=O)O)c(=O)c2cc(F)c(N3CCN(C(=S)Nc4ccc(C(C)=O)cc4)CC3)cc21. The number of ketones is 1. The van der Waals surface area contributed by atoms with Gasteiger partial charge in [-0.15, -0.1) is 0 Å². The second kappa shape index (κ2) is 9.83. The van der Waals surface area contributed by atoms with Gasteiger partial charge < -0.3 is 24.8 Å². The monoisotopic (exact) mass is 496 g/mol. The average Bonchev–Trinajstić information content (AvgIpc) is 2.84. The van der Waals surface area contributed by atoms with Crippen LogP contribution in [0, 0.1) is 5.82 Å². The number of carbonyl (C=O) groups excluding carboxylic acids is 1. The fraction of sp³-hybridized carbons (Fsp3) is 0.280. The molecule has 10 heteroatoms. The van der Waals surface area contributed by atoms with Crippen LogP contribution in [0.3, 0.4) is 0 Å². The van der Waals surface area contributed by atoms with Crippen molar-refractivity contribution in [2.75, 3.05) is 36.4 Å². The predicted molar refractivity (Wildman–Crippen MR) is 137 cm³/mol. The molecule has 0 spiro atoms. The number of carboxylic acids is 1. The van der Waals surface area contributed by atoms with Crippen LogP contribution in [0.15, 0.2) is 47.4 Å². The lowest BCUT2D eigenvalue weighted by Gasteiger charge is -2.37. The van der Waals surface area contributed by atoms with E-state index in [9.17, 15) is 19.5 Å². The first-order chi connectivity index (χ1) is 16.7. The number of fused-ring (bicyclic) bond motifs is 1. The largest absolute Gasteiger partial charge is 0.477 e. The second-order valence-electron chi connectivity index (χ2n) is 8.32. The summed E-state index contributed by atoms with van der Waals surface area (Å²) in [5.74, 6) is -1.91. The lowest BCUT2D eigenvalue weighted by Crippen LogP contribution is -2.50. The number of nitrogens with one attached hydrogen (secondary N) is 1. The topological polar surface area (TPSA) is 94.9 Å². The number of rotatable bonds is 5. The summed E-state index contributed by atoms with van der Waals surface area (Å²) in [6, 6.07) is 9.82. The van der Waals surface area contributed by atoms with Crippen LogP contribution in [0.4, 0.5) is 15.8 Å². The highest BCUT2D eigenvalue weighted by Gasteiger charge is 2.23. The van der Waals surface area contributed by atoms with Gasteiger partial charge in [-0.3, -0.25) is 9.59 Å². The Morgan fingerprint density at radius 3 is 2.34 bits per heavy atom. The number of benzene rings is 2. The van der Waals surface area contributed by atoms with Gasteiger partial charge in [-0.2, -0.15) is 0 Å². The van der Waals surface area contributed by atoms with Crippen molar-refractivity contribution in [3.8, 4) is 0 Å². The number of carboxylic acid groups (broad SMARTS) is 1. The van der Waals surface area contributed by atoms with Crippen molar-refractivity contribution >= 4 is 51.4 Å². The Balaban J connectivity index is 1.50. The molecule has 0 saturated carbocycles. The van der Waals surface area contributed by atoms with E-state index in [-0.39, 0.29) is 16.7 Å². The number of pyridine rings is 1. The number of aromatic nitrogens is 1. The summed E-state index contributed by atoms with van der Waals surface area (Å²) in [6.45, 7) is 5.93. The van der Waals surface area contributed by atoms with E-state index >= 15 is 4.39 Å². The zero-order chi connectivity index (χ0) is 25.3. The van der Waals surface area contributed by atoms with Crippen molar-refractivity contribution in [3.05, 3.63) is 69.8 Å². The molecule has 4 rings (SSSR count).